The molecule has 1 saturated carbocycles. The molecule has 27 heavy (non-hydrogen) atoms. The van der Waals surface area contributed by atoms with Crippen LogP contribution in [0.15, 0.2) is 28.9 Å². The first-order valence-corrected chi connectivity index (χ1v) is 9.04. The van der Waals surface area contributed by atoms with Crippen LogP contribution in [0.25, 0.3) is 0 Å². The van der Waals surface area contributed by atoms with Gasteiger partial charge in [0, 0.05) is 49.6 Å². The van der Waals surface area contributed by atoms with Gasteiger partial charge in [-0.1, -0.05) is 0 Å². The molecule has 3 rings (SSSR count). The Kier molecular flexibility index (Phi) is 5.10. The standard InChI is InChI=1S/C19H27FN6O/c1-19(4-5-19)27-16-7-12(14(22)8-13(16)20)18(24)15(23)9-17(25-2)26-6-3-11(21)10-26/h7-9,11,24H,3-6,10,21-23H2,1-2H3. The van der Waals surface area contributed by atoms with E-state index in [0.29, 0.717) is 17.9 Å². The smallest absolute Gasteiger partial charge is 0.167 e. The Bertz CT molecular complexity index is 815. The molecule has 0 bridgehead atoms. The molecule has 0 spiro atoms. The highest BCUT2D eigenvalue weighted by Crippen LogP contribution is 2.41. The van der Waals surface area contributed by atoms with Gasteiger partial charge in [0.05, 0.1) is 11.4 Å². The van der Waals surface area contributed by atoms with Crippen LogP contribution in [0.4, 0.5) is 10.1 Å². The highest BCUT2D eigenvalue weighted by Gasteiger charge is 2.40. The van der Waals surface area contributed by atoms with E-state index in [1.54, 1.807) is 13.1 Å². The number of anilines is 1. The quantitative estimate of drug-likeness (QED) is 0.354. The van der Waals surface area contributed by atoms with E-state index in [9.17, 15) is 4.39 Å². The monoisotopic (exact) mass is 374 g/mol. The number of amidine groups is 1. The molecule has 2 aliphatic rings. The van der Waals surface area contributed by atoms with Gasteiger partial charge in [0.25, 0.3) is 0 Å². The Hall–Kier alpha value is -2.61. The van der Waals surface area contributed by atoms with Gasteiger partial charge >= 0.3 is 0 Å². The minimum Gasteiger partial charge on any atom is -0.484 e. The number of benzene rings is 1. The SMILES string of the molecule is CN=C(C=C(N)C(=N)c1cc(OC2(C)CC2)c(F)cc1N)N1CCC(N)C1. The molecule has 0 radical (unpaired) electrons. The Morgan fingerprint density at radius 1 is 1.44 bits per heavy atom. The second-order valence-corrected chi connectivity index (χ2v) is 7.47. The number of likely N-dealkylation sites (tertiary alicyclic amines) is 1. The first kappa shape index (κ1) is 19.2. The average molecular weight is 374 g/mol. The molecule has 1 heterocycles. The maximum absolute atomic E-state index is 14.2. The second-order valence-electron chi connectivity index (χ2n) is 7.47. The third-order valence-electron chi connectivity index (χ3n) is 5.03. The zero-order chi connectivity index (χ0) is 19.8. The summed E-state index contributed by atoms with van der Waals surface area (Å²) in [6, 6.07) is 2.73. The number of ether oxygens (including phenoxy) is 1. The molecule has 1 aliphatic heterocycles. The van der Waals surface area contributed by atoms with Crippen molar-refractivity contribution in [2.45, 2.75) is 37.8 Å². The summed E-state index contributed by atoms with van der Waals surface area (Å²) in [5.74, 6) is 0.209. The van der Waals surface area contributed by atoms with E-state index < -0.39 is 5.82 Å². The van der Waals surface area contributed by atoms with Crippen LogP contribution in [-0.2, 0) is 0 Å². The number of aliphatic imine (C=N–C) groups is 1. The minimum atomic E-state index is -0.540. The molecular formula is C19H27FN6O. The molecule has 1 aliphatic carbocycles. The average Bonchev–Trinajstić information content (AvgIpc) is 3.18. The fourth-order valence-corrected chi connectivity index (χ4v) is 3.07. The summed E-state index contributed by atoms with van der Waals surface area (Å²) < 4.78 is 19.9. The van der Waals surface area contributed by atoms with E-state index >= 15 is 0 Å². The van der Waals surface area contributed by atoms with Crippen molar-refractivity contribution < 1.29 is 9.13 Å². The summed E-state index contributed by atoms with van der Waals surface area (Å²) >= 11 is 0. The molecule has 1 atom stereocenters. The molecule has 0 amide bonds. The van der Waals surface area contributed by atoms with Crippen LogP contribution in [-0.4, -0.2) is 48.2 Å². The van der Waals surface area contributed by atoms with Crippen molar-refractivity contribution in [1.82, 2.24) is 4.90 Å². The predicted octanol–water partition coefficient (Wildman–Crippen LogP) is 1.61. The third kappa shape index (κ3) is 4.21. The van der Waals surface area contributed by atoms with Gasteiger partial charge in [-0.2, -0.15) is 0 Å². The maximum atomic E-state index is 14.2. The molecule has 1 saturated heterocycles. The van der Waals surface area contributed by atoms with Gasteiger partial charge in [0.15, 0.2) is 11.6 Å². The third-order valence-corrected chi connectivity index (χ3v) is 5.03. The van der Waals surface area contributed by atoms with Gasteiger partial charge in [-0.3, -0.25) is 10.4 Å². The molecule has 2 fully saturated rings. The maximum Gasteiger partial charge on any atom is 0.167 e. The van der Waals surface area contributed by atoms with E-state index in [2.05, 4.69) is 4.99 Å². The number of halogens is 1. The van der Waals surface area contributed by atoms with Gasteiger partial charge in [0.2, 0.25) is 0 Å². The van der Waals surface area contributed by atoms with E-state index in [1.165, 1.54) is 12.1 Å². The van der Waals surface area contributed by atoms with Crippen molar-refractivity contribution in [3.63, 3.8) is 0 Å². The number of rotatable bonds is 5. The summed E-state index contributed by atoms with van der Waals surface area (Å²) in [6.45, 7) is 3.41. The Labute approximate surface area is 158 Å². The molecule has 1 unspecified atom stereocenters. The molecule has 7 N–H and O–H groups in total. The topological polar surface area (TPSA) is 127 Å². The fourth-order valence-electron chi connectivity index (χ4n) is 3.07. The molecule has 0 aromatic heterocycles. The lowest BCUT2D eigenvalue weighted by Gasteiger charge is -2.19. The first-order valence-electron chi connectivity index (χ1n) is 9.04. The van der Waals surface area contributed by atoms with Crippen LogP contribution < -0.4 is 21.9 Å². The Morgan fingerprint density at radius 2 is 2.15 bits per heavy atom. The number of nitrogen functional groups attached to an aromatic ring is 1. The van der Waals surface area contributed by atoms with Crippen LogP contribution >= 0.6 is 0 Å². The number of hydrogen-bond acceptors (Lipinski definition) is 6. The van der Waals surface area contributed by atoms with Gasteiger partial charge in [-0.25, -0.2) is 4.39 Å². The number of nitrogens with zero attached hydrogens (tertiary/aromatic N) is 2. The fraction of sp³-hybridized carbons (Fsp3) is 0.474. The van der Waals surface area contributed by atoms with Crippen LogP contribution in [0.2, 0.25) is 0 Å². The lowest BCUT2D eigenvalue weighted by Crippen LogP contribution is -2.32. The number of nitrogens with two attached hydrogens (primary N) is 3. The van der Waals surface area contributed by atoms with Gasteiger partial charge in [0.1, 0.15) is 11.4 Å². The first-order chi connectivity index (χ1) is 12.7. The summed E-state index contributed by atoms with van der Waals surface area (Å²) in [5.41, 5.74) is 18.3. The Balaban J connectivity index is 1.84. The van der Waals surface area contributed by atoms with Crippen molar-refractivity contribution in [3.05, 3.63) is 35.3 Å². The van der Waals surface area contributed by atoms with E-state index in [4.69, 9.17) is 27.3 Å². The normalized spacial score (nSPS) is 22.1. The molecule has 146 valence electrons. The molecule has 8 heteroatoms. The highest BCUT2D eigenvalue weighted by molar-refractivity contribution is 6.16. The number of nitrogens with one attached hydrogen (secondary N) is 1. The van der Waals surface area contributed by atoms with Crippen molar-refractivity contribution >= 4 is 17.2 Å². The van der Waals surface area contributed by atoms with Crippen LogP contribution in [0.1, 0.15) is 31.7 Å². The molecule has 7 nitrogen and oxygen atoms in total. The Morgan fingerprint density at radius 3 is 2.70 bits per heavy atom. The van der Waals surface area contributed by atoms with Crippen molar-refractivity contribution in [1.29, 1.82) is 5.41 Å². The van der Waals surface area contributed by atoms with E-state index in [1.807, 2.05) is 11.8 Å². The molecule has 1 aromatic rings. The zero-order valence-electron chi connectivity index (χ0n) is 15.8. The van der Waals surface area contributed by atoms with Crippen molar-refractivity contribution in [2.24, 2.45) is 16.5 Å². The summed E-state index contributed by atoms with van der Waals surface area (Å²) in [7, 11) is 1.67. The predicted molar refractivity (Wildman–Crippen MR) is 106 cm³/mol. The van der Waals surface area contributed by atoms with Gasteiger partial charge in [-0.15, -0.1) is 0 Å². The summed E-state index contributed by atoms with van der Waals surface area (Å²) in [4.78, 5) is 6.28. The molecule has 1 aromatic carbocycles. The highest BCUT2D eigenvalue weighted by atomic mass is 19.1. The van der Waals surface area contributed by atoms with Crippen LogP contribution in [0, 0.1) is 11.2 Å². The van der Waals surface area contributed by atoms with E-state index in [-0.39, 0.29) is 34.5 Å². The largest absolute Gasteiger partial charge is 0.484 e. The van der Waals surface area contributed by atoms with Gasteiger partial charge < -0.3 is 26.8 Å². The van der Waals surface area contributed by atoms with Gasteiger partial charge in [-0.05, 0) is 32.3 Å². The number of hydrogen-bond donors (Lipinski definition) is 4. The lowest BCUT2D eigenvalue weighted by molar-refractivity contribution is 0.191. The summed E-state index contributed by atoms with van der Waals surface area (Å²) in [5, 5.41) is 8.42. The molecular weight excluding hydrogens is 347 g/mol. The van der Waals surface area contributed by atoms with Crippen LogP contribution in [0.3, 0.4) is 0 Å². The van der Waals surface area contributed by atoms with Crippen LogP contribution in [0.5, 0.6) is 5.75 Å². The van der Waals surface area contributed by atoms with Crippen molar-refractivity contribution in [2.75, 3.05) is 25.9 Å². The zero-order valence-corrected chi connectivity index (χ0v) is 15.8. The number of allylic oxidation sites excluding steroid dienone is 1. The summed E-state index contributed by atoms with van der Waals surface area (Å²) in [6.07, 6.45) is 4.26. The second kappa shape index (κ2) is 7.19. The van der Waals surface area contributed by atoms with E-state index in [0.717, 1.165) is 25.8 Å². The lowest BCUT2D eigenvalue weighted by atomic mass is 10.0. The minimum absolute atomic E-state index is 0.00273. The van der Waals surface area contributed by atoms with Crippen molar-refractivity contribution in [3.8, 4) is 5.75 Å².